The second-order valence-corrected chi connectivity index (χ2v) is 6.25. The number of hydrogen-bond acceptors (Lipinski definition) is 5. The summed E-state index contributed by atoms with van der Waals surface area (Å²) in [5, 5.41) is 9.79. The highest BCUT2D eigenvalue weighted by Crippen LogP contribution is 2.24. The lowest BCUT2D eigenvalue weighted by atomic mass is 10.2. The lowest BCUT2D eigenvalue weighted by molar-refractivity contribution is -0.385. The standard InChI is InChI=1S/C8H6ClNO5S.CH2Cl2/c1-16(14,15)5-2-3-6(8(9)11)7(4-5)10(12)13;2-1-3/h2-4H,1H3;1H2. The first-order chi connectivity index (χ1) is 8.65. The van der Waals surface area contributed by atoms with Crippen molar-refractivity contribution in [3.8, 4) is 0 Å². The molecule has 19 heavy (non-hydrogen) atoms. The van der Waals surface area contributed by atoms with Crippen LogP contribution in [-0.4, -0.2) is 30.2 Å². The molecular formula is C9H8Cl3NO5S. The molecule has 0 saturated carbocycles. The topological polar surface area (TPSA) is 94.3 Å². The van der Waals surface area contributed by atoms with E-state index in [1.807, 2.05) is 0 Å². The molecule has 0 aliphatic heterocycles. The van der Waals surface area contributed by atoms with E-state index in [9.17, 15) is 23.3 Å². The van der Waals surface area contributed by atoms with Gasteiger partial charge < -0.3 is 0 Å². The Kier molecular flexibility index (Phi) is 7.28. The van der Waals surface area contributed by atoms with Gasteiger partial charge in [-0.3, -0.25) is 14.9 Å². The van der Waals surface area contributed by atoms with Gasteiger partial charge in [0.1, 0.15) is 5.56 Å². The quantitative estimate of drug-likeness (QED) is 0.362. The number of carbonyl (C=O) groups is 1. The molecule has 0 N–H and O–H groups in total. The van der Waals surface area contributed by atoms with Crippen molar-refractivity contribution in [2.45, 2.75) is 4.90 Å². The molecule has 0 aliphatic rings. The van der Waals surface area contributed by atoms with Crippen LogP contribution in [0.4, 0.5) is 5.69 Å². The van der Waals surface area contributed by atoms with Crippen molar-refractivity contribution in [2.75, 3.05) is 11.6 Å². The van der Waals surface area contributed by atoms with E-state index in [1.54, 1.807) is 0 Å². The molecule has 1 rings (SSSR count). The number of carbonyl (C=O) groups excluding carboxylic acids is 1. The van der Waals surface area contributed by atoms with Crippen LogP contribution in [0.1, 0.15) is 10.4 Å². The number of benzene rings is 1. The number of hydrogen-bond donors (Lipinski definition) is 0. The van der Waals surface area contributed by atoms with Crippen LogP contribution in [0.2, 0.25) is 0 Å². The molecule has 0 saturated heterocycles. The number of nitrogens with zero attached hydrogens (tertiary/aromatic N) is 1. The highest BCUT2D eigenvalue weighted by molar-refractivity contribution is 7.90. The molecule has 106 valence electrons. The first-order valence-electron chi connectivity index (χ1n) is 4.45. The minimum atomic E-state index is -3.56. The predicted octanol–water partition coefficient (Wildman–Crippen LogP) is 2.80. The highest BCUT2D eigenvalue weighted by atomic mass is 35.5. The van der Waals surface area contributed by atoms with E-state index in [0.29, 0.717) is 0 Å². The lowest BCUT2D eigenvalue weighted by Gasteiger charge is -2.01. The summed E-state index contributed by atoms with van der Waals surface area (Å²) in [6, 6.07) is 2.92. The zero-order valence-corrected chi connectivity index (χ0v) is 12.6. The van der Waals surface area contributed by atoms with Crippen molar-refractivity contribution in [3.05, 3.63) is 33.9 Å². The minimum Gasteiger partial charge on any atom is -0.275 e. The van der Waals surface area contributed by atoms with E-state index in [1.165, 1.54) is 0 Å². The van der Waals surface area contributed by atoms with Crippen molar-refractivity contribution in [1.82, 2.24) is 0 Å². The summed E-state index contributed by atoms with van der Waals surface area (Å²) in [6.07, 6.45) is 0.911. The molecule has 0 unspecified atom stereocenters. The van der Waals surface area contributed by atoms with Crippen molar-refractivity contribution < 1.29 is 18.1 Å². The second kappa shape index (κ2) is 7.64. The molecule has 0 aliphatic carbocycles. The summed E-state index contributed by atoms with van der Waals surface area (Å²) >= 11 is 14.7. The summed E-state index contributed by atoms with van der Waals surface area (Å²) in [5.74, 6) is 0. The molecule has 1 aromatic carbocycles. The van der Waals surface area contributed by atoms with Crippen LogP contribution < -0.4 is 0 Å². The molecule has 10 heteroatoms. The SMILES string of the molecule is CS(=O)(=O)c1ccc(C(=O)Cl)c([N+](=O)[O-])c1.ClCCl. The monoisotopic (exact) mass is 347 g/mol. The molecule has 0 radical (unpaired) electrons. The van der Waals surface area contributed by atoms with Crippen LogP contribution >= 0.6 is 34.8 Å². The number of nitro groups is 1. The molecule has 0 spiro atoms. The van der Waals surface area contributed by atoms with E-state index in [2.05, 4.69) is 0 Å². The lowest BCUT2D eigenvalue weighted by Crippen LogP contribution is -2.03. The predicted molar refractivity (Wildman–Crippen MR) is 73.0 cm³/mol. The third-order valence-electron chi connectivity index (χ3n) is 1.81. The van der Waals surface area contributed by atoms with E-state index in [-0.39, 0.29) is 15.8 Å². The first kappa shape index (κ1) is 18.1. The van der Waals surface area contributed by atoms with Crippen LogP contribution in [0, 0.1) is 10.1 Å². The van der Waals surface area contributed by atoms with E-state index >= 15 is 0 Å². The zero-order chi connectivity index (χ0) is 15.2. The summed E-state index contributed by atoms with van der Waals surface area (Å²) in [4.78, 5) is 20.4. The van der Waals surface area contributed by atoms with Gasteiger partial charge in [0.05, 0.1) is 15.2 Å². The second-order valence-electron chi connectivity index (χ2n) is 3.08. The van der Waals surface area contributed by atoms with Crippen LogP contribution in [0.5, 0.6) is 0 Å². The smallest absolute Gasteiger partial charge is 0.275 e. The van der Waals surface area contributed by atoms with Crippen molar-refractivity contribution in [2.24, 2.45) is 0 Å². The van der Waals surface area contributed by atoms with Crippen LogP contribution in [0.15, 0.2) is 23.1 Å². The number of nitro benzene ring substituents is 1. The van der Waals surface area contributed by atoms with Gasteiger partial charge in [0.15, 0.2) is 9.84 Å². The molecule has 0 heterocycles. The van der Waals surface area contributed by atoms with Gasteiger partial charge in [0.2, 0.25) is 0 Å². The average molecular weight is 349 g/mol. The van der Waals surface area contributed by atoms with Gasteiger partial charge in [-0.05, 0) is 23.7 Å². The Bertz CT molecular complexity index is 588. The zero-order valence-electron chi connectivity index (χ0n) is 9.47. The van der Waals surface area contributed by atoms with Crippen LogP contribution in [-0.2, 0) is 9.84 Å². The maximum atomic E-state index is 11.1. The van der Waals surface area contributed by atoms with Gasteiger partial charge in [-0.25, -0.2) is 8.42 Å². The molecule has 0 aromatic heterocycles. The maximum Gasteiger partial charge on any atom is 0.282 e. The number of halogens is 3. The third kappa shape index (κ3) is 5.73. The van der Waals surface area contributed by atoms with Gasteiger partial charge in [-0.1, -0.05) is 0 Å². The first-order valence-corrected chi connectivity index (χ1v) is 7.79. The number of alkyl halides is 2. The van der Waals surface area contributed by atoms with E-state index in [4.69, 9.17) is 34.8 Å². The molecular weight excluding hydrogens is 341 g/mol. The summed E-state index contributed by atoms with van der Waals surface area (Å²) in [6.45, 7) is 0. The Morgan fingerprint density at radius 1 is 1.37 bits per heavy atom. The number of sulfone groups is 1. The average Bonchev–Trinajstić information content (AvgIpc) is 2.27. The molecule has 0 amide bonds. The molecule has 6 nitrogen and oxygen atoms in total. The van der Waals surface area contributed by atoms with Crippen LogP contribution in [0.25, 0.3) is 0 Å². The largest absolute Gasteiger partial charge is 0.282 e. The summed E-state index contributed by atoms with van der Waals surface area (Å²) in [7, 11) is -3.56. The van der Waals surface area contributed by atoms with Crippen molar-refractivity contribution in [1.29, 1.82) is 0 Å². The van der Waals surface area contributed by atoms with E-state index < -0.39 is 25.7 Å². The van der Waals surface area contributed by atoms with Crippen molar-refractivity contribution >= 4 is 55.6 Å². The molecule has 1 aromatic rings. The Balaban J connectivity index is 0.000000982. The fourth-order valence-corrected chi connectivity index (χ4v) is 1.86. The van der Waals surface area contributed by atoms with E-state index in [0.717, 1.165) is 24.5 Å². The third-order valence-corrected chi connectivity index (χ3v) is 3.12. The molecule has 0 atom stereocenters. The number of rotatable bonds is 3. The Labute approximate surface area is 124 Å². The Hall–Kier alpha value is -0.890. The maximum absolute atomic E-state index is 11.1. The minimum absolute atomic E-state index is 0.194. The van der Waals surface area contributed by atoms with Gasteiger partial charge >= 0.3 is 0 Å². The van der Waals surface area contributed by atoms with Gasteiger partial charge in [0, 0.05) is 12.3 Å². The fraction of sp³-hybridized carbons (Fsp3) is 0.222. The van der Waals surface area contributed by atoms with Gasteiger partial charge in [-0.15, -0.1) is 23.2 Å². The highest BCUT2D eigenvalue weighted by Gasteiger charge is 2.21. The molecule has 0 fully saturated rings. The fourth-order valence-electron chi connectivity index (χ4n) is 1.06. The van der Waals surface area contributed by atoms with Gasteiger partial charge in [-0.2, -0.15) is 0 Å². The molecule has 0 bridgehead atoms. The Morgan fingerprint density at radius 3 is 2.16 bits per heavy atom. The summed E-state index contributed by atoms with van der Waals surface area (Å²) in [5.41, 5.74) is -0.956. The van der Waals surface area contributed by atoms with Gasteiger partial charge in [0.25, 0.3) is 10.9 Å². The normalized spacial score (nSPS) is 10.3. The summed E-state index contributed by atoms with van der Waals surface area (Å²) < 4.78 is 22.3. The van der Waals surface area contributed by atoms with Crippen molar-refractivity contribution in [3.63, 3.8) is 0 Å². The Morgan fingerprint density at radius 2 is 1.84 bits per heavy atom. The van der Waals surface area contributed by atoms with Crippen LogP contribution in [0.3, 0.4) is 0 Å².